The van der Waals surface area contributed by atoms with E-state index in [9.17, 15) is 5.11 Å². The maximum atomic E-state index is 10.4. The molecule has 0 aliphatic carbocycles. The largest absolute Gasteiger partial charge is 0.385 e. The van der Waals surface area contributed by atoms with Crippen LogP contribution in [0.3, 0.4) is 0 Å². The third kappa shape index (κ3) is 2.05. The number of benzene rings is 1. The van der Waals surface area contributed by atoms with E-state index in [4.69, 9.17) is 5.26 Å². The summed E-state index contributed by atoms with van der Waals surface area (Å²) >= 11 is 0. The molecule has 3 heteroatoms. The highest BCUT2D eigenvalue weighted by atomic mass is 16.3. The smallest absolute Gasteiger partial charge is 0.268 e. The molecule has 2 rings (SSSR count). The van der Waals surface area contributed by atoms with E-state index in [1.54, 1.807) is 0 Å². The van der Waals surface area contributed by atoms with Gasteiger partial charge in [0, 0.05) is 5.97 Å². The molecule has 15 heavy (non-hydrogen) atoms. The Hall–Kier alpha value is -1.27. The molecule has 76 valence electrons. The average molecular weight is 199 g/mol. The summed E-state index contributed by atoms with van der Waals surface area (Å²) in [4.78, 5) is 0. The van der Waals surface area contributed by atoms with Crippen LogP contribution in [0.15, 0.2) is 30.3 Å². The van der Waals surface area contributed by atoms with E-state index in [0.29, 0.717) is 12.8 Å². The first-order chi connectivity index (χ1) is 7.24. The number of aliphatic hydroxyl groups is 1. The van der Waals surface area contributed by atoms with Gasteiger partial charge in [0.15, 0.2) is 0 Å². The summed E-state index contributed by atoms with van der Waals surface area (Å²) < 4.78 is 0. The first-order valence-electron chi connectivity index (χ1n) is 5.42. The molecule has 0 aromatic heterocycles. The van der Waals surface area contributed by atoms with Crippen LogP contribution in [0, 0.1) is 11.2 Å². The number of nitriles is 1. The molecule has 1 aromatic rings. The SMILES string of the molecule is N#CB1CCC(O)(c2ccccc2)CC1. The maximum absolute atomic E-state index is 10.4. The van der Waals surface area contributed by atoms with Crippen LogP contribution in [-0.4, -0.2) is 11.8 Å². The molecule has 0 atom stereocenters. The van der Waals surface area contributed by atoms with Crippen molar-refractivity contribution < 1.29 is 5.11 Å². The molecule has 0 amide bonds. The van der Waals surface area contributed by atoms with Crippen molar-refractivity contribution in [2.75, 3.05) is 0 Å². The first kappa shape index (κ1) is 10.3. The molecule has 0 saturated carbocycles. The summed E-state index contributed by atoms with van der Waals surface area (Å²) in [6, 6.07) is 9.78. The van der Waals surface area contributed by atoms with Crippen LogP contribution >= 0.6 is 0 Å². The Morgan fingerprint density at radius 2 is 1.80 bits per heavy atom. The zero-order valence-corrected chi connectivity index (χ0v) is 8.69. The minimum atomic E-state index is -0.700. The third-order valence-electron chi connectivity index (χ3n) is 3.31. The fourth-order valence-corrected chi connectivity index (χ4v) is 2.26. The normalized spacial score (nSPS) is 19.6. The van der Waals surface area contributed by atoms with Gasteiger partial charge in [-0.05, 0) is 18.4 Å². The summed E-state index contributed by atoms with van der Waals surface area (Å²) in [5, 5.41) is 19.2. The Labute approximate surface area is 90.6 Å². The van der Waals surface area contributed by atoms with Crippen LogP contribution in [0.25, 0.3) is 0 Å². The van der Waals surface area contributed by atoms with E-state index in [1.165, 1.54) is 0 Å². The van der Waals surface area contributed by atoms with Crippen LogP contribution < -0.4 is 0 Å². The highest BCUT2D eigenvalue weighted by molar-refractivity contribution is 6.67. The molecule has 1 aromatic carbocycles. The van der Waals surface area contributed by atoms with Crippen molar-refractivity contribution in [3.8, 4) is 5.97 Å². The predicted octanol–water partition coefficient (Wildman–Crippen LogP) is 2.23. The van der Waals surface area contributed by atoms with Gasteiger partial charge >= 0.3 is 0 Å². The molecule has 1 aliphatic heterocycles. The van der Waals surface area contributed by atoms with E-state index in [2.05, 4.69) is 5.97 Å². The van der Waals surface area contributed by atoms with E-state index < -0.39 is 5.60 Å². The Bertz CT molecular complexity index is 363. The highest BCUT2D eigenvalue weighted by Gasteiger charge is 2.36. The standard InChI is InChI=1S/C12H14BNO/c14-10-13-8-6-12(15,7-9-13)11-4-2-1-3-5-11/h1-5,15H,6-9H2. The molecule has 1 heterocycles. The van der Waals surface area contributed by atoms with Gasteiger partial charge in [0.05, 0.1) is 5.60 Å². The Kier molecular flexibility index (Phi) is 2.79. The van der Waals surface area contributed by atoms with Gasteiger partial charge in [0.2, 0.25) is 0 Å². The van der Waals surface area contributed by atoms with E-state index >= 15 is 0 Å². The summed E-state index contributed by atoms with van der Waals surface area (Å²) in [6.07, 6.45) is 3.02. The molecule has 1 aliphatic rings. The summed E-state index contributed by atoms with van der Waals surface area (Å²) in [6.45, 7) is 0.133. The van der Waals surface area contributed by atoms with Crippen molar-refractivity contribution >= 4 is 6.71 Å². The second-order valence-electron chi connectivity index (χ2n) is 4.30. The lowest BCUT2D eigenvalue weighted by Crippen LogP contribution is -2.33. The van der Waals surface area contributed by atoms with Crippen LogP contribution in [0.2, 0.25) is 12.6 Å². The summed E-state index contributed by atoms with van der Waals surface area (Å²) in [5.74, 6) is 2.28. The molecule has 0 unspecified atom stereocenters. The minimum Gasteiger partial charge on any atom is -0.385 e. The molecule has 0 radical (unpaired) electrons. The molecule has 0 spiro atoms. The lowest BCUT2D eigenvalue weighted by atomic mass is 9.41. The topological polar surface area (TPSA) is 44.0 Å². The molecule has 1 fully saturated rings. The number of hydrogen-bond acceptors (Lipinski definition) is 2. The zero-order chi connectivity index (χ0) is 10.7. The molecule has 1 N–H and O–H groups in total. The Morgan fingerprint density at radius 1 is 1.20 bits per heavy atom. The fraction of sp³-hybridized carbons (Fsp3) is 0.417. The van der Waals surface area contributed by atoms with Gasteiger partial charge in [0.1, 0.15) is 0 Å². The van der Waals surface area contributed by atoms with Crippen LogP contribution in [0.4, 0.5) is 0 Å². The second-order valence-corrected chi connectivity index (χ2v) is 4.30. The van der Waals surface area contributed by atoms with Gasteiger partial charge in [-0.2, -0.15) is 0 Å². The van der Waals surface area contributed by atoms with Gasteiger partial charge in [0.25, 0.3) is 6.71 Å². The molecule has 0 bridgehead atoms. The zero-order valence-electron chi connectivity index (χ0n) is 8.69. The summed E-state index contributed by atoms with van der Waals surface area (Å²) in [7, 11) is 0. The van der Waals surface area contributed by atoms with Crippen molar-refractivity contribution in [1.29, 1.82) is 5.26 Å². The minimum absolute atomic E-state index is 0.133. The van der Waals surface area contributed by atoms with Crippen LogP contribution in [0.5, 0.6) is 0 Å². The average Bonchev–Trinajstić information content (AvgIpc) is 2.31. The summed E-state index contributed by atoms with van der Waals surface area (Å²) in [5.41, 5.74) is 0.288. The van der Waals surface area contributed by atoms with E-state index in [-0.39, 0.29) is 6.71 Å². The van der Waals surface area contributed by atoms with Gasteiger partial charge in [-0.15, -0.1) is 0 Å². The van der Waals surface area contributed by atoms with E-state index in [0.717, 1.165) is 18.2 Å². The predicted molar refractivity (Wildman–Crippen MR) is 60.6 cm³/mol. The molecule has 2 nitrogen and oxygen atoms in total. The molecule has 1 saturated heterocycles. The van der Waals surface area contributed by atoms with Crippen molar-refractivity contribution in [2.45, 2.75) is 31.1 Å². The van der Waals surface area contributed by atoms with Gasteiger partial charge in [-0.3, -0.25) is 0 Å². The van der Waals surface area contributed by atoms with Gasteiger partial charge < -0.3 is 5.11 Å². The van der Waals surface area contributed by atoms with Crippen molar-refractivity contribution in [3.63, 3.8) is 0 Å². The molecular weight excluding hydrogens is 185 g/mol. The highest BCUT2D eigenvalue weighted by Crippen LogP contribution is 2.37. The number of hydrogen-bond donors (Lipinski definition) is 1. The van der Waals surface area contributed by atoms with Crippen molar-refractivity contribution in [2.24, 2.45) is 0 Å². The van der Waals surface area contributed by atoms with Crippen molar-refractivity contribution in [3.05, 3.63) is 35.9 Å². The van der Waals surface area contributed by atoms with Crippen LogP contribution in [0.1, 0.15) is 18.4 Å². The maximum Gasteiger partial charge on any atom is 0.268 e. The lowest BCUT2D eigenvalue weighted by molar-refractivity contribution is 0.0239. The molecular formula is C12H14BNO. The fourth-order valence-electron chi connectivity index (χ4n) is 2.26. The Balaban J connectivity index is 2.14. The van der Waals surface area contributed by atoms with E-state index in [1.807, 2.05) is 30.3 Å². The lowest BCUT2D eigenvalue weighted by Gasteiger charge is -2.33. The van der Waals surface area contributed by atoms with Crippen molar-refractivity contribution in [1.82, 2.24) is 0 Å². The first-order valence-corrected chi connectivity index (χ1v) is 5.42. The quantitative estimate of drug-likeness (QED) is 0.704. The number of nitrogens with zero attached hydrogens (tertiary/aromatic N) is 1. The second kappa shape index (κ2) is 4.08. The van der Waals surface area contributed by atoms with Crippen LogP contribution in [-0.2, 0) is 5.60 Å². The monoisotopic (exact) mass is 199 g/mol. The number of rotatable bonds is 1. The Morgan fingerprint density at radius 3 is 2.33 bits per heavy atom. The van der Waals surface area contributed by atoms with Gasteiger partial charge in [-0.1, -0.05) is 43.0 Å². The third-order valence-corrected chi connectivity index (χ3v) is 3.31. The van der Waals surface area contributed by atoms with Gasteiger partial charge in [-0.25, -0.2) is 5.26 Å².